The molecule has 0 heterocycles. The lowest BCUT2D eigenvalue weighted by Gasteiger charge is -2.12. The van der Waals surface area contributed by atoms with Gasteiger partial charge >= 0.3 is 0 Å². The molecule has 0 aromatic heterocycles. The summed E-state index contributed by atoms with van der Waals surface area (Å²) in [6, 6.07) is 5.37. The van der Waals surface area contributed by atoms with Crippen molar-refractivity contribution in [2.24, 2.45) is 5.73 Å². The van der Waals surface area contributed by atoms with Crippen molar-refractivity contribution >= 4 is 11.6 Å². The summed E-state index contributed by atoms with van der Waals surface area (Å²) in [6.07, 6.45) is 0. The summed E-state index contributed by atoms with van der Waals surface area (Å²) in [5.74, 6) is 1.75. The molecular formula is C10H14ClNO2. The van der Waals surface area contributed by atoms with Gasteiger partial charge in [0.15, 0.2) is 11.5 Å². The topological polar surface area (TPSA) is 44.5 Å². The van der Waals surface area contributed by atoms with E-state index in [1.807, 2.05) is 18.2 Å². The van der Waals surface area contributed by atoms with Crippen LogP contribution in [0.5, 0.6) is 11.5 Å². The van der Waals surface area contributed by atoms with Crippen LogP contribution in [0.1, 0.15) is 11.6 Å². The van der Waals surface area contributed by atoms with Crippen molar-refractivity contribution in [3.05, 3.63) is 23.8 Å². The highest BCUT2D eigenvalue weighted by Crippen LogP contribution is 2.29. The minimum atomic E-state index is -0.170. The summed E-state index contributed by atoms with van der Waals surface area (Å²) in [5.41, 5.74) is 6.72. The van der Waals surface area contributed by atoms with E-state index in [1.54, 1.807) is 14.2 Å². The summed E-state index contributed by atoms with van der Waals surface area (Å²) < 4.78 is 10.3. The van der Waals surface area contributed by atoms with Crippen molar-refractivity contribution in [3.8, 4) is 11.5 Å². The van der Waals surface area contributed by atoms with E-state index in [0.717, 1.165) is 5.56 Å². The fourth-order valence-electron chi connectivity index (χ4n) is 1.17. The van der Waals surface area contributed by atoms with Gasteiger partial charge < -0.3 is 15.2 Å². The van der Waals surface area contributed by atoms with Crippen molar-refractivity contribution in [2.75, 3.05) is 20.1 Å². The van der Waals surface area contributed by atoms with Crippen LogP contribution in [-0.4, -0.2) is 20.1 Å². The predicted octanol–water partition coefficient (Wildman–Crippen LogP) is 1.94. The summed E-state index contributed by atoms with van der Waals surface area (Å²) in [4.78, 5) is 0. The minimum Gasteiger partial charge on any atom is -0.493 e. The highest BCUT2D eigenvalue weighted by Gasteiger charge is 2.09. The Morgan fingerprint density at radius 2 is 1.93 bits per heavy atom. The van der Waals surface area contributed by atoms with E-state index in [4.69, 9.17) is 26.8 Å². The van der Waals surface area contributed by atoms with Crippen LogP contribution in [0.25, 0.3) is 0 Å². The van der Waals surface area contributed by atoms with Crippen molar-refractivity contribution in [1.82, 2.24) is 0 Å². The summed E-state index contributed by atoms with van der Waals surface area (Å²) in [5, 5.41) is 0. The van der Waals surface area contributed by atoms with E-state index in [-0.39, 0.29) is 6.04 Å². The summed E-state index contributed by atoms with van der Waals surface area (Å²) in [7, 11) is 3.19. The highest BCUT2D eigenvalue weighted by molar-refractivity contribution is 6.18. The van der Waals surface area contributed by atoms with E-state index in [9.17, 15) is 0 Å². The van der Waals surface area contributed by atoms with Crippen LogP contribution in [0.2, 0.25) is 0 Å². The number of methoxy groups -OCH3 is 2. The SMILES string of the molecule is COc1ccc([C@@H](N)CCl)cc1OC. The Hall–Kier alpha value is -0.930. The van der Waals surface area contributed by atoms with E-state index in [0.29, 0.717) is 17.4 Å². The first-order valence-corrected chi connectivity index (χ1v) is 4.79. The molecule has 4 heteroatoms. The number of halogens is 1. The van der Waals surface area contributed by atoms with Crippen molar-refractivity contribution in [2.45, 2.75) is 6.04 Å². The number of nitrogens with two attached hydrogens (primary N) is 1. The van der Waals surface area contributed by atoms with Gasteiger partial charge in [-0.15, -0.1) is 11.6 Å². The van der Waals surface area contributed by atoms with Gasteiger partial charge in [0.2, 0.25) is 0 Å². The molecule has 0 unspecified atom stereocenters. The average Bonchev–Trinajstić information content (AvgIpc) is 2.26. The van der Waals surface area contributed by atoms with Crippen LogP contribution in [0.4, 0.5) is 0 Å². The Morgan fingerprint density at radius 3 is 2.43 bits per heavy atom. The van der Waals surface area contributed by atoms with Gasteiger partial charge in [0.05, 0.1) is 14.2 Å². The fourth-order valence-corrected chi connectivity index (χ4v) is 1.35. The molecule has 0 amide bonds. The first-order chi connectivity index (χ1) is 6.72. The van der Waals surface area contributed by atoms with E-state index in [2.05, 4.69) is 0 Å². The number of hydrogen-bond donors (Lipinski definition) is 1. The molecule has 3 nitrogen and oxygen atoms in total. The van der Waals surface area contributed by atoms with Gasteiger partial charge in [-0.25, -0.2) is 0 Å². The van der Waals surface area contributed by atoms with Gasteiger partial charge in [0.25, 0.3) is 0 Å². The molecule has 1 rings (SSSR count). The van der Waals surface area contributed by atoms with Gasteiger partial charge in [-0.1, -0.05) is 6.07 Å². The number of rotatable bonds is 4. The molecule has 0 aliphatic carbocycles. The molecular weight excluding hydrogens is 202 g/mol. The molecule has 1 aromatic carbocycles. The lowest BCUT2D eigenvalue weighted by molar-refractivity contribution is 0.354. The van der Waals surface area contributed by atoms with E-state index >= 15 is 0 Å². The van der Waals surface area contributed by atoms with Gasteiger partial charge in [-0.3, -0.25) is 0 Å². The number of alkyl halides is 1. The molecule has 0 bridgehead atoms. The molecule has 0 aliphatic heterocycles. The Labute approximate surface area is 88.8 Å². The van der Waals surface area contributed by atoms with Gasteiger partial charge in [-0.05, 0) is 17.7 Å². The number of hydrogen-bond acceptors (Lipinski definition) is 3. The Balaban J connectivity index is 3.01. The van der Waals surface area contributed by atoms with Crippen molar-refractivity contribution in [1.29, 1.82) is 0 Å². The Morgan fingerprint density at radius 1 is 1.29 bits per heavy atom. The average molecular weight is 216 g/mol. The van der Waals surface area contributed by atoms with Crippen LogP contribution < -0.4 is 15.2 Å². The third-order valence-electron chi connectivity index (χ3n) is 2.00. The minimum absolute atomic E-state index is 0.170. The molecule has 0 saturated heterocycles. The van der Waals surface area contributed by atoms with E-state index in [1.165, 1.54) is 0 Å². The van der Waals surface area contributed by atoms with Gasteiger partial charge in [-0.2, -0.15) is 0 Å². The zero-order valence-corrected chi connectivity index (χ0v) is 9.04. The van der Waals surface area contributed by atoms with Crippen LogP contribution >= 0.6 is 11.6 Å². The third-order valence-corrected chi connectivity index (χ3v) is 2.33. The normalized spacial score (nSPS) is 12.3. The maximum Gasteiger partial charge on any atom is 0.161 e. The molecule has 1 atom stereocenters. The lowest BCUT2D eigenvalue weighted by Crippen LogP contribution is -2.11. The fraction of sp³-hybridized carbons (Fsp3) is 0.400. The molecule has 2 N–H and O–H groups in total. The molecule has 0 saturated carbocycles. The van der Waals surface area contributed by atoms with Crippen molar-refractivity contribution in [3.63, 3.8) is 0 Å². The highest BCUT2D eigenvalue weighted by atomic mass is 35.5. The lowest BCUT2D eigenvalue weighted by atomic mass is 10.1. The Kier molecular flexibility index (Phi) is 4.04. The number of ether oxygens (including phenoxy) is 2. The monoisotopic (exact) mass is 215 g/mol. The third kappa shape index (κ3) is 2.30. The molecule has 78 valence electrons. The zero-order chi connectivity index (χ0) is 10.6. The zero-order valence-electron chi connectivity index (χ0n) is 8.29. The molecule has 0 spiro atoms. The molecule has 0 fully saturated rings. The quantitative estimate of drug-likeness (QED) is 0.781. The predicted molar refractivity (Wildman–Crippen MR) is 57.2 cm³/mol. The second-order valence-electron chi connectivity index (χ2n) is 2.88. The maximum absolute atomic E-state index is 5.78. The van der Waals surface area contributed by atoms with Crippen molar-refractivity contribution < 1.29 is 9.47 Å². The van der Waals surface area contributed by atoms with Crippen LogP contribution in [0.3, 0.4) is 0 Å². The summed E-state index contributed by atoms with van der Waals surface area (Å²) in [6.45, 7) is 0. The molecule has 14 heavy (non-hydrogen) atoms. The Bertz CT molecular complexity index is 304. The van der Waals surface area contributed by atoms with Crippen LogP contribution in [0.15, 0.2) is 18.2 Å². The first kappa shape index (κ1) is 11.1. The maximum atomic E-state index is 5.78. The standard InChI is InChI=1S/C10H14ClNO2/c1-13-9-4-3-7(8(12)6-11)5-10(9)14-2/h3-5,8H,6,12H2,1-2H3/t8-/m0/s1. The van der Waals surface area contributed by atoms with Crippen LogP contribution in [-0.2, 0) is 0 Å². The van der Waals surface area contributed by atoms with Gasteiger partial charge in [0, 0.05) is 11.9 Å². The molecule has 1 aromatic rings. The molecule has 0 aliphatic rings. The molecule has 0 radical (unpaired) electrons. The van der Waals surface area contributed by atoms with E-state index < -0.39 is 0 Å². The largest absolute Gasteiger partial charge is 0.493 e. The second kappa shape index (κ2) is 5.08. The smallest absolute Gasteiger partial charge is 0.161 e. The van der Waals surface area contributed by atoms with Gasteiger partial charge in [0.1, 0.15) is 0 Å². The summed E-state index contributed by atoms with van der Waals surface area (Å²) >= 11 is 5.66. The van der Waals surface area contributed by atoms with Crippen LogP contribution in [0, 0.1) is 0 Å². The number of benzene rings is 1. The second-order valence-corrected chi connectivity index (χ2v) is 3.18. The first-order valence-electron chi connectivity index (χ1n) is 4.26.